The molecule has 0 aliphatic rings. The van der Waals surface area contributed by atoms with E-state index in [1.807, 2.05) is 26.1 Å². The topological polar surface area (TPSA) is 22.0 Å². The molecule has 2 heteroatoms. The van der Waals surface area contributed by atoms with E-state index in [0.29, 0.717) is 0 Å². The number of hydrogen-bond acceptors (Lipinski definition) is 1. The summed E-state index contributed by atoms with van der Waals surface area (Å²) in [4.78, 5) is 11.4. The summed E-state index contributed by atoms with van der Waals surface area (Å²) in [6.45, 7) is 3.61. The first-order valence-corrected chi connectivity index (χ1v) is 5.15. The van der Waals surface area contributed by atoms with E-state index in [2.05, 4.69) is 22.9 Å². The van der Waals surface area contributed by atoms with E-state index in [1.165, 1.54) is 10.9 Å². The van der Waals surface area contributed by atoms with Crippen molar-refractivity contribution >= 4 is 16.7 Å². The molecule has 2 nitrogen and oxygen atoms in total. The van der Waals surface area contributed by atoms with Crippen LogP contribution in [-0.4, -0.2) is 10.4 Å². The predicted octanol–water partition coefficient (Wildman–Crippen LogP) is 2.87. The lowest BCUT2D eigenvalue weighted by Crippen LogP contribution is -2.03. The zero-order valence-electron chi connectivity index (χ0n) is 9.32. The van der Waals surface area contributed by atoms with Gasteiger partial charge in [0, 0.05) is 30.1 Å². The highest BCUT2D eigenvalue weighted by atomic mass is 16.1. The first-order valence-electron chi connectivity index (χ1n) is 5.15. The van der Waals surface area contributed by atoms with Crippen LogP contribution in [0.5, 0.6) is 0 Å². The van der Waals surface area contributed by atoms with Crippen molar-refractivity contribution in [2.75, 3.05) is 0 Å². The molecule has 2 aromatic rings. The molecule has 0 N–H and O–H groups in total. The van der Waals surface area contributed by atoms with E-state index < -0.39 is 0 Å². The molecule has 1 aromatic heterocycles. The molecule has 0 bridgehead atoms. The number of Topliss-reactive ketones (excluding diaryl/α,β-unsaturated/α-hetero) is 1. The van der Waals surface area contributed by atoms with E-state index in [-0.39, 0.29) is 11.7 Å². The molecule has 2 rings (SSSR count). The molecule has 0 saturated heterocycles. The summed E-state index contributed by atoms with van der Waals surface area (Å²) in [5, 5.41) is 1.18. The molecule has 0 aliphatic heterocycles. The Bertz CT molecular complexity index is 510. The maximum atomic E-state index is 11.4. The summed E-state index contributed by atoms with van der Waals surface area (Å²) in [5.74, 6) is 0.197. The Kier molecular flexibility index (Phi) is 2.35. The maximum absolute atomic E-state index is 11.4. The van der Waals surface area contributed by atoms with Gasteiger partial charge in [0.2, 0.25) is 0 Å². The fourth-order valence-corrected chi connectivity index (χ4v) is 1.94. The number of carbonyl (C=O) groups excluding carboxylic acids is 1. The van der Waals surface area contributed by atoms with Crippen molar-refractivity contribution in [2.45, 2.75) is 19.8 Å². The fourth-order valence-electron chi connectivity index (χ4n) is 1.94. The molecule has 1 aromatic carbocycles. The summed E-state index contributed by atoms with van der Waals surface area (Å²) < 4.78 is 2.07. The normalized spacial score (nSPS) is 13.0. The summed E-state index contributed by atoms with van der Waals surface area (Å²) in [6, 6.07) is 8.18. The monoisotopic (exact) mass is 201 g/mol. The SMILES string of the molecule is CC(=O)C(C)c1cn(C)c2ccccc12. The van der Waals surface area contributed by atoms with Crippen LogP contribution in [0.3, 0.4) is 0 Å². The average molecular weight is 201 g/mol. The van der Waals surface area contributed by atoms with Gasteiger partial charge in [-0.05, 0) is 18.6 Å². The van der Waals surface area contributed by atoms with Gasteiger partial charge in [-0.1, -0.05) is 25.1 Å². The van der Waals surface area contributed by atoms with Crippen LogP contribution in [0.2, 0.25) is 0 Å². The molecule has 0 saturated carbocycles. The standard InChI is InChI=1S/C13H15NO/c1-9(10(2)15)12-8-14(3)13-7-5-4-6-11(12)13/h4-9H,1-3H3. The lowest BCUT2D eigenvalue weighted by atomic mass is 9.97. The van der Waals surface area contributed by atoms with Crippen LogP contribution < -0.4 is 0 Å². The Balaban J connectivity index is 2.67. The Morgan fingerprint density at radius 3 is 2.67 bits per heavy atom. The smallest absolute Gasteiger partial charge is 0.137 e. The number of para-hydroxylation sites is 1. The van der Waals surface area contributed by atoms with Gasteiger partial charge in [0.05, 0.1) is 0 Å². The van der Waals surface area contributed by atoms with Crippen molar-refractivity contribution in [3.63, 3.8) is 0 Å². The van der Waals surface area contributed by atoms with Gasteiger partial charge in [-0.2, -0.15) is 0 Å². The molecular formula is C13H15NO. The highest BCUT2D eigenvalue weighted by molar-refractivity contribution is 5.92. The van der Waals surface area contributed by atoms with Gasteiger partial charge in [-0.25, -0.2) is 0 Å². The van der Waals surface area contributed by atoms with Gasteiger partial charge in [-0.15, -0.1) is 0 Å². The van der Waals surface area contributed by atoms with Crippen molar-refractivity contribution < 1.29 is 4.79 Å². The molecule has 0 aliphatic carbocycles. The van der Waals surface area contributed by atoms with Crippen molar-refractivity contribution in [1.82, 2.24) is 4.57 Å². The molecule has 1 heterocycles. The lowest BCUT2D eigenvalue weighted by molar-refractivity contribution is -0.118. The number of aromatic nitrogens is 1. The molecule has 0 fully saturated rings. The quantitative estimate of drug-likeness (QED) is 0.732. The van der Waals surface area contributed by atoms with E-state index in [9.17, 15) is 4.79 Å². The Morgan fingerprint density at radius 1 is 1.33 bits per heavy atom. The summed E-state index contributed by atoms with van der Waals surface area (Å²) in [7, 11) is 2.01. The van der Waals surface area contributed by atoms with Crippen molar-refractivity contribution in [3.8, 4) is 0 Å². The Morgan fingerprint density at radius 2 is 2.00 bits per heavy atom. The van der Waals surface area contributed by atoms with Crippen LogP contribution in [0.1, 0.15) is 25.3 Å². The molecule has 1 unspecified atom stereocenters. The van der Waals surface area contributed by atoms with Gasteiger partial charge < -0.3 is 4.57 Å². The second kappa shape index (κ2) is 3.54. The third-order valence-electron chi connectivity index (χ3n) is 3.00. The summed E-state index contributed by atoms with van der Waals surface area (Å²) in [6.07, 6.45) is 2.05. The van der Waals surface area contributed by atoms with Crippen LogP contribution in [0.4, 0.5) is 0 Å². The molecular weight excluding hydrogens is 186 g/mol. The van der Waals surface area contributed by atoms with Crippen molar-refractivity contribution in [3.05, 3.63) is 36.0 Å². The second-order valence-electron chi connectivity index (χ2n) is 4.04. The number of hydrogen-bond donors (Lipinski definition) is 0. The van der Waals surface area contributed by atoms with Crippen molar-refractivity contribution in [1.29, 1.82) is 0 Å². The van der Waals surface area contributed by atoms with Gasteiger partial charge in [0.25, 0.3) is 0 Å². The van der Waals surface area contributed by atoms with E-state index >= 15 is 0 Å². The van der Waals surface area contributed by atoms with Gasteiger partial charge in [-0.3, -0.25) is 4.79 Å². The minimum atomic E-state index is -0.0175. The minimum absolute atomic E-state index is 0.0175. The summed E-state index contributed by atoms with van der Waals surface area (Å²) in [5.41, 5.74) is 2.31. The number of aryl methyl sites for hydroxylation is 1. The van der Waals surface area contributed by atoms with Crippen LogP contribution in [0.15, 0.2) is 30.5 Å². The van der Waals surface area contributed by atoms with Crippen LogP contribution >= 0.6 is 0 Å². The molecule has 0 spiro atoms. The second-order valence-corrected chi connectivity index (χ2v) is 4.04. The largest absolute Gasteiger partial charge is 0.350 e. The van der Waals surface area contributed by atoms with E-state index in [0.717, 1.165) is 5.56 Å². The number of rotatable bonds is 2. The van der Waals surface area contributed by atoms with Gasteiger partial charge in [0.15, 0.2) is 0 Å². The maximum Gasteiger partial charge on any atom is 0.137 e. The van der Waals surface area contributed by atoms with Crippen molar-refractivity contribution in [2.24, 2.45) is 7.05 Å². The molecule has 78 valence electrons. The number of ketones is 1. The molecule has 1 atom stereocenters. The average Bonchev–Trinajstić information content (AvgIpc) is 2.56. The van der Waals surface area contributed by atoms with Crippen LogP contribution in [0.25, 0.3) is 10.9 Å². The number of nitrogens with zero attached hydrogens (tertiary/aromatic N) is 1. The molecule has 15 heavy (non-hydrogen) atoms. The van der Waals surface area contributed by atoms with E-state index in [4.69, 9.17) is 0 Å². The third-order valence-corrected chi connectivity index (χ3v) is 3.00. The number of benzene rings is 1. The number of fused-ring (bicyclic) bond motifs is 1. The zero-order valence-corrected chi connectivity index (χ0v) is 9.32. The zero-order chi connectivity index (χ0) is 11.0. The van der Waals surface area contributed by atoms with Crippen LogP contribution in [0, 0.1) is 0 Å². The summed E-state index contributed by atoms with van der Waals surface area (Å²) >= 11 is 0. The van der Waals surface area contributed by atoms with Gasteiger partial charge in [0.1, 0.15) is 5.78 Å². The number of carbonyl (C=O) groups is 1. The lowest BCUT2D eigenvalue weighted by Gasteiger charge is -2.04. The molecule has 0 radical (unpaired) electrons. The van der Waals surface area contributed by atoms with Gasteiger partial charge >= 0.3 is 0 Å². The predicted molar refractivity (Wildman–Crippen MR) is 62.0 cm³/mol. The molecule has 0 amide bonds. The highest BCUT2D eigenvalue weighted by Gasteiger charge is 2.15. The Labute approximate surface area is 89.5 Å². The third kappa shape index (κ3) is 1.56. The highest BCUT2D eigenvalue weighted by Crippen LogP contribution is 2.27. The fraction of sp³-hybridized carbons (Fsp3) is 0.308. The Hall–Kier alpha value is -1.57. The first-order chi connectivity index (χ1) is 7.11. The van der Waals surface area contributed by atoms with E-state index in [1.54, 1.807) is 6.92 Å². The first kappa shape index (κ1) is 9.97. The van der Waals surface area contributed by atoms with Crippen LogP contribution in [-0.2, 0) is 11.8 Å². The minimum Gasteiger partial charge on any atom is -0.350 e.